The summed E-state index contributed by atoms with van der Waals surface area (Å²) in [6.45, 7) is 0.412. The number of nitrogens with two attached hydrogens (primary N) is 1. The minimum Gasteiger partial charge on any atom is -0.351 e. The number of H-pyrrole nitrogens is 1. The van der Waals surface area contributed by atoms with Crippen LogP contribution in [0.25, 0.3) is 22.4 Å². The molecule has 0 aliphatic heterocycles. The number of nitrogens with zero attached hydrogens (tertiary/aromatic N) is 5. The molecule has 1 saturated carbocycles. The molecule has 3 heterocycles. The fourth-order valence-electron chi connectivity index (χ4n) is 3.93. The Labute approximate surface area is 196 Å². The molecule has 9 nitrogen and oxygen atoms in total. The van der Waals surface area contributed by atoms with E-state index >= 15 is 0 Å². The quantitative estimate of drug-likeness (QED) is 0.336. The molecule has 0 radical (unpaired) electrons. The van der Waals surface area contributed by atoms with E-state index in [1.165, 1.54) is 12.1 Å². The van der Waals surface area contributed by atoms with Crippen molar-refractivity contribution in [1.82, 2.24) is 30.1 Å². The van der Waals surface area contributed by atoms with Crippen molar-refractivity contribution in [2.24, 2.45) is 5.73 Å². The van der Waals surface area contributed by atoms with Gasteiger partial charge in [-0.1, -0.05) is 12.1 Å². The minimum atomic E-state index is -0.274. The van der Waals surface area contributed by atoms with Gasteiger partial charge in [0.05, 0.1) is 16.8 Å². The molecule has 1 aliphatic carbocycles. The molecule has 0 spiro atoms. The van der Waals surface area contributed by atoms with Crippen molar-refractivity contribution in [3.05, 3.63) is 54.1 Å². The smallest absolute Gasteiger partial charge is 0.224 e. The molecular formula is C22H25ClFN9. The van der Waals surface area contributed by atoms with Gasteiger partial charge in [0.1, 0.15) is 5.82 Å². The number of aromatic nitrogens is 6. The number of fused-ring (bicyclic) bond motifs is 1. The van der Waals surface area contributed by atoms with Gasteiger partial charge in [0.25, 0.3) is 0 Å². The number of hydrogen-bond donors (Lipinski definition) is 4. The van der Waals surface area contributed by atoms with Crippen molar-refractivity contribution in [3.8, 4) is 11.4 Å². The highest BCUT2D eigenvalue weighted by Crippen LogP contribution is 2.25. The summed E-state index contributed by atoms with van der Waals surface area (Å²) < 4.78 is 13.4. The van der Waals surface area contributed by atoms with Gasteiger partial charge in [0.2, 0.25) is 11.9 Å². The first-order chi connectivity index (χ1) is 15.6. The lowest BCUT2D eigenvalue weighted by Crippen LogP contribution is -2.33. The highest BCUT2D eigenvalue weighted by atomic mass is 35.5. The summed E-state index contributed by atoms with van der Waals surface area (Å²) in [5.74, 6) is 0.726. The van der Waals surface area contributed by atoms with Crippen LogP contribution in [0.4, 0.5) is 16.3 Å². The van der Waals surface area contributed by atoms with Crippen LogP contribution < -0.4 is 16.4 Å². The molecule has 0 bridgehead atoms. The van der Waals surface area contributed by atoms with E-state index in [-0.39, 0.29) is 18.2 Å². The zero-order valence-corrected chi connectivity index (χ0v) is 18.6. The molecule has 11 heteroatoms. The molecule has 5 N–H and O–H groups in total. The maximum absolute atomic E-state index is 13.4. The Hall–Kier alpha value is -3.37. The SMILES string of the molecule is Cl.NC1CCC(Nc2ncc3c(-c4ccnc(NCc5cccc(F)c5)n4)[nH]nc3n2)CC1. The van der Waals surface area contributed by atoms with E-state index in [0.29, 0.717) is 47.6 Å². The third-order valence-electron chi connectivity index (χ3n) is 5.67. The predicted octanol–water partition coefficient (Wildman–Crippen LogP) is 3.66. The molecule has 1 aliphatic rings. The van der Waals surface area contributed by atoms with E-state index in [0.717, 1.165) is 36.6 Å². The van der Waals surface area contributed by atoms with E-state index in [9.17, 15) is 4.39 Å². The number of benzene rings is 1. The van der Waals surface area contributed by atoms with Crippen LogP contribution in [0.2, 0.25) is 0 Å². The van der Waals surface area contributed by atoms with Gasteiger partial charge < -0.3 is 16.4 Å². The predicted molar refractivity (Wildman–Crippen MR) is 128 cm³/mol. The number of rotatable bonds is 6. The zero-order valence-electron chi connectivity index (χ0n) is 17.8. The van der Waals surface area contributed by atoms with Gasteiger partial charge in [-0.05, 0) is 49.4 Å². The highest BCUT2D eigenvalue weighted by molar-refractivity contribution is 5.89. The highest BCUT2D eigenvalue weighted by Gasteiger charge is 2.20. The number of hydrogen-bond acceptors (Lipinski definition) is 8. The summed E-state index contributed by atoms with van der Waals surface area (Å²) in [7, 11) is 0. The Kier molecular flexibility index (Phi) is 6.95. The van der Waals surface area contributed by atoms with Crippen LogP contribution in [-0.4, -0.2) is 42.2 Å². The van der Waals surface area contributed by atoms with Gasteiger partial charge in [0, 0.05) is 31.0 Å². The molecule has 0 unspecified atom stereocenters. The molecule has 5 rings (SSSR count). The minimum absolute atomic E-state index is 0. The van der Waals surface area contributed by atoms with Crippen molar-refractivity contribution in [2.75, 3.05) is 10.6 Å². The summed E-state index contributed by atoms with van der Waals surface area (Å²) in [6, 6.07) is 8.82. The average Bonchev–Trinajstić information content (AvgIpc) is 3.23. The molecule has 172 valence electrons. The zero-order chi connectivity index (χ0) is 21.9. The molecule has 33 heavy (non-hydrogen) atoms. The van der Waals surface area contributed by atoms with Crippen molar-refractivity contribution in [3.63, 3.8) is 0 Å². The Balaban J connectivity index is 0.00000259. The third kappa shape index (κ3) is 5.35. The number of anilines is 2. The van der Waals surface area contributed by atoms with Crippen molar-refractivity contribution in [2.45, 2.75) is 44.3 Å². The van der Waals surface area contributed by atoms with E-state index in [2.05, 4.69) is 40.8 Å². The number of nitrogens with one attached hydrogen (secondary N) is 3. The van der Waals surface area contributed by atoms with Crippen LogP contribution in [0.5, 0.6) is 0 Å². The molecule has 4 aromatic rings. The first-order valence-corrected chi connectivity index (χ1v) is 10.7. The fraction of sp³-hybridized carbons (Fsp3) is 0.318. The van der Waals surface area contributed by atoms with Gasteiger partial charge >= 0.3 is 0 Å². The lowest BCUT2D eigenvalue weighted by Gasteiger charge is -2.26. The van der Waals surface area contributed by atoms with Crippen LogP contribution in [0.3, 0.4) is 0 Å². The van der Waals surface area contributed by atoms with Crippen molar-refractivity contribution in [1.29, 1.82) is 0 Å². The maximum Gasteiger partial charge on any atom is 0.224 e. The molecule has 1 fully saturated rings. The van der Waals surface area contributed by atoms with Crippen LogP contribution >= 0.6 is 12.4 Å². The first kappa shape index (κ1) is 22.8. The molecule has 0 saturated heterocycles. The van der Waals surface area contributed by atoms with E-state index < -0.39 is 0 Å². The molecular weight excluding hydrogens is 445 g/mol. The monoisotopic (exact) mass is 469 g/mol. The Morgan fingerprint density at radius 2 is 1.91 bits per heavy atom. The Morgan fingerprint density at radius 3 is 2.73 bits per heavy atom. The summed E-state index contributed by atoms with van der Waals surface area (Å²) in [5, 5.41) is 14.6. The van der Waals surface area contributed by atoms with Crippen LogP contribution in [0.15, 0.2) is 42.7 Å². The molecule has 0 atom stereocenters. The van der Waals surface area contributed by atoms with E-state index in [4.69, 9.17) is 5.73 Å². The van der Waals surface area contributed by atoms with Gasteiger partial charge in [-0.2, -0.15) is 10.1 Å². The van der Waals surface area contributed by atoms with Gasteiger partial charge in [-0.25, -0.2) is 19.3 Å². The second-order valence-corrected chi connectivity index (χ2v) is 8.03. The van der Waals surface area contributed by atoms with Gasteiger partial charge in [-0.3, -0.25) is 5.10 Å². The standard InChI is InChI=1S/C22H24FN9.ClH/c23-14-3-1-2-13(10-14)11-26-21-25-9-8-18(29-21)19-17-12-27-22(30-20(17)32-31-19)28-16-6-4-15(24)5-7-16;/h1-3,8-10,12,15-16H,4-7,11,24H2,(H,25,26,29)(H2,27,28,30,31,32);1H. The third-order valence-corrected chi connectivity index (χ3v) is 5.67. The largest absolute Gasteiger partial charge is 0.351 e. The molecule has 3 aromatic heterocycles. The normalized spacial score (nSPS) is 18.0. The second-order valence-electron chi connectivity index (χ2n) is 8.03. The second kappa shape index (κ2) is 10.1. The maximum atomic E-state index is 13.4. The first-order valence-electron chi connectivity index (χ1n) is 10.7. The fourth-order valence-corrected chi connectivity index (χ4v) is 3.93. The van der Waals surface area contributed by atoms with Gasteiger partial charge in [0.15, 0.2) is 5.65 Å². The van der Waals surface area contributed by atoms with Crippen molar-refractivity contribution >= 4 is 35.3 Å². The van der Waals surface area contributed by atoms with Crippen molar-refractivity contribution < 1.29 is 4.39 Å². The molecule has 0 amide bonds. The lowest BCUT2D eigenvalue weighted by atomic mass is 9.92. The number of aromatic amines is 1. The summed E-state index contributed by atoms with van der Waals surface area (Å²) >= 11 is 0. The summed E-state index contributed by atoms with van der Waals surface area (Å²) in [4.78, 5) is 17.8. The average molecular weight is 470 g/mol. The van der Waals surface area contributed by atoms with Gasteiger partial charge in [-0.15, -0.1) is 12.4 Å². The topological polar surface area (TPSA) is 130 Å². The van der Waals surface area contributed by atoms with E-state index in [1.54, 1.807) is 24.5 Å². The Morgan fingerprint density at radius 1 is 1.06 bits per heavy atom. The lowest BCUT2D eigenvalue weighted by molar-refractivity contribution is 0.410. The van der Waals surface area contributed by atoms with Crippen LogP contribution in [-0.2, 0) is 6.54 Å². The number of halogens is 2. The summed E-state index contributed by atoms with van der Waals surface area (Å²) in [5.41, 5.74) is 8.73. The molecule has 1 aromatic carbocycles. The van der Waals surface area contributed by atoms with Crippen LogP contribution in [0.1, 0.15) is 31.2 Å². The Bertz CT molecular complexity index is 1220. The van der Waals surface area contributed by atoms with Crippen LogP contribution in [0, 0.1) is 5.82 Å². The summed E-state index contributed by atoms with van der Waals surface area (Å²) in [6.07, 6.45) is 7.46. The van der Waals surface area contributed by atoms with E-state index in [1.807, 2.05) is 6.07 Å².